The molecule has 4 nitrogen and oxygen atoms in total. The molecule has 1 aromatic carbocycles. The fourth-order valence-electron chi connectivity index (χ4n) is 3.20. The topological polar surface area (TPSA) is 46.3 Å². The van der Waals surface area contributed by atoms with Gasteiger partial charge in [-0.05, 0) is 41.1 Å². The Morgan fingerprint density at radius 3 is 2.67 bits per heavy atom. The first-order valence-electron chi connectivity index (χ1n) is 8.15. The van der Waals surface area contributed by atoms with E-state index in [0.717, 1.165) is 31.5 Å². The van der Waals surface area contributed by atoms with Crippen LogP contribution in [-0.4, -0.2) is 29.1 Å². The molecule has 0 spiro atoms. The van der Waals surface area contributed by atoms with Crippen molar-refractivity contribution in [2.24, 2.45) is 0 Å². The van der Waals surface area contributed by atoms with Crippen molar-refractivity contribution >= 4 is 17.2 Å². The minimum atomic E-state index is -0.0373. The molecule has 0 N–H and O–H groups in total. The predicted octanol–water partition coefficient (Wildman–Crippen LogP) is 4.42. The van der Waals surface area contributed by atoms with Gasteiger partial charge in [0.1, 0.15) is 0 Å². The van der Waals surface area contributed by atoms with Gasteiger partial charge in [-0.3, -0.25) is 4.79 Å². The highest BCUT2D eigenvalue weighted by atomic mass is 32.1. The van der Waals surface area contributed by atoms with Gasteiger partial charge in [-0.15, -0.1) is 0 Å². The van der Waals surface area contributed by atoms with Crippen molar-refractivity contribution in [2.45, 2.75) is 18.8 Å². The van der Waals surface area contributed by atoms with Crippen molar-refractivity contribution < 1.29 is 9.32 Å². The van der Waals surface area contributed by atoms with Crippen molar-refractivity contribution in [3.63, 3.8) is 0 Å². The van der Waals surface area contributed by atoms with Crippen LogP contribution in [0.25, 0.3) is 11.3 Å². The lowest BCUT2D eigenvalue weighted by Crippen LogP contribution is -2.38. The van der Waals surface area contributed by atoms with Crippen LogP contribution < -0.4 is 0 Å². The molecule has 1 aliphatic rings. The van der Waals surface area contributed by atoms with E-state index in [1.165, 1.54) is 5.56 Å². The van der Waals surface area contributed by atoms with Crippen LogP contribution in [0.15, 0.2) is 57.7 Å². The number of carbonyl (C=O) groups is 1. The first-order valence-corrected chi connectivity index (χ1v) is 9.09. The molecule has 0 bridgehead atoms. The maximum Gasteiger partial charge on any atom is 0.276 e. The van der Waals surface area contributed by atoms with Gasteiger partial charge in [0.25, 0.3) is 5.91 Å². The van der Waals surface area contributed by atoms with Crippen LogP contribution >= 0.6 is 11.3 Å². The molecule has 2 aromatic heterocycles. The zero-order valence-electron chi connectivity index (χ0n) is 13.2. The fourth-order valence-corrected chi connectivity index (χ4v) is 3.94. The highest BCUT2D eigenvalue weighted by Gasteiger charge is 2.26. The number of benzene rings is 1. The van der Waals surface area contributed by atoms with E-state index >= 15 is 0 Å². The lowest BCUT2D eigenvalue weighted by atomic mass is 9.91. The summed E-state index contributed by atoms with van der Waals surface area (Å²) in [6.07, 6.45) is 2.01. The Bertz CT molecular complexity index is 803. The van der Waals surface area contributed by atoms with Gasteiger partial charge in [-0.1, -0.05) is 35.5 Å². The summed E-state index contributed by atoms with van der Waals surface area (Å²) in [5.41, 5.74) is 2.72. The Kier molecular flexibility index (Phi) is 4.17. The van der Waals surface area contributed by atoms with Gasteiger partial charge < -0.3 is 9.42 Å². The van der Waals surface area contributed by atoms with Crippen LogP contribution in [0.1, 0.15) is 34.8 Å². The van der Waals surface area contributed by atoms with E-state index in [1.807, 2.05) is 35.2 Å². The first kappa shape index (κ1) is 15.1. The molecular formula is C19H18N2O2S. The number of nitrogens with zero attached hydrogens (tertiary/aromatic N) is 2. The van der Waals surface area contributed by atoms with E-state index in [2.05, 4.69) is 22.0 Å². The van der Waals surface area contributed by atoms with Crippen LogP contribution in [0.3, 0.4) is 0 Å². The normalized spacial score (nSPS) is 15.6. The molecule has 122 valence electrons. The summed E-state index contributed by atoms with van der Waals surface area (Å²) < 4.78 is 5.35. The third-order valence-electron chi connectivity index (χ3n) is 4.58. The molecule has 5 heteroatoms. The molecule has 0 aliphatic carbocycles. The molecule has 0 atom stereocenters. The third kappa shape index (κ3) is 2.99. The monoisotopic (exact) mass is 338 g/mol. The summed E-state index contributed by atoms with van der Waals surface area (Å²) in [6.45, 7) is 1.54. The molecule has 24 heavy (non-hydrogen) atoms. The molecule has 1 aliphatic heterocycles. The van der Waals surface area contributed by atoms with Gasteiger partial charge in [-0.2, -0.15) is 11.3 Å². The van der Waals surface area contributed by atoms with Crippen molar-refractivity contribution in [3.05, 3.63) is 64.5 Å². The molecule has 4 rings (SSSR count). The smallest absolute Gasteiger partial charge is 0.276 e. The third-order valence-corrected chi connectivity index (χ3v) is 5.29. The molecule has 1 saturated heterocycles. The maximum atomic E-state index is 12.6. The fraction of sp³-hybridized carbons (Fsp3) is 0.263. The molecule has 0 unspecified atom stereocenters. The minimum Gasteiger partial charge on any atom is -0.355 e. The summed E-state index contributed by atoms with van der Waals surface area (Å²) in [5.74, 6) is 1.16. The van der Waals surface area contributed by atoms with Crippen molar-refractivity contribution in [1.82, 2.24) is 10.1 Å². The number of aromatic nitrogens is 1. The van der Waals surface area contributed by atoms with E-state index in [-0.39, 0.29) is 5.91 Å². The summed E-state index contributed by atoms with van der Waals surface area (Å²) in [5, 5.41) is 8.30. The second kappa shape index (κ2) is 6.61. The van der Waals surface area contributed by atoms with E-state index in [0.29, 0.717) is 17.4 Å². The lowest BCUT2D eigenvalue weighted by Gasteiger charge is -2.31. The Labute approximate surface area is 144 Å². The van der Waals surface area contributed by atoms with Gasteiger partial charge in [0.15, 0.2) is 11.5 Å². The number of amides is 1. The Morgan fingerprint density at radius 1 is 1.17 bits per heavy atom. The second-order valence-corrected chi connectivity index (χ2v) is 6.85. The zero-order chi connectivity index (χ0) is 16.4. The number of rotatable bonds is 3. The number of carbonyl (C=O) groups excluding carboxylic acids is 1. The van der Waals surface area contributed by atoms with Crippen LogP contribution in [0, 0.1) is 0 Å². The summed E-state index contributed by atoms with van der Waals surface area (Å²) >= 11 is 1.73. The molecule has 1 fully saturated rings. The second-order valence-electron chi connectivity index (χ2n) is 6.07. The number of hydrogen-bond donors (Lipinski definition) is 0. The zero-order valence-corrected chi connectivity index (χ0v) is 14.0. The van der Waals surface area contributed by atoms with Gasteiger partial charge in [-0.25, -0.2) is 0 Å². The maximum absolute atomic E-state index is 12.6. The number of piperidine rings is 1. The van der Waals surface area contributed by atoms with Gasteiger partial charge in [0.2, 0.25) is 0 Å². The van der Waals surface area contributed by atoms with Crippen molar-refractivity contribution in [1.29, 1.82) is 0 Å². The molecule has 0 saturated carbocycles. The average molecular weight is 338 g/mol. The van der Waals surface area contributed by atoms with Crippen LogP contribution in [-0.2, 0) is 0 Å². The number of thiophene rings is 1. The van der Waals surface area contributed by atoms with Crippen molar-refractivity contribution in [2.75, 3.05) is 13.1 Å². The van der Waals surface area contributed by atoms with Crippen LogP contribution in [0.5, 0.6) is 0 Å². The summed E-state index contributed by atoms with van der Waals surface area (Å²) in [6, 6.07) is 13.6. The summed E-state index contributed by atoms with van der Waals surface area (Å²) in [4.78, 5) is 14.5. The molecule has 1 amide bonds. The largest absolute Gasteiger partial charge is 0.355 e. The highest BCUT2D eigenvalue weighted by molar-refractivity contribution is 7.07. The molecular weight excluding hydrogens is 320 g/mol. The van der Waals surface area contributed by atoms with Gasteiger partial charge in [0.05, 0.1) is 0 Å². The highest BCUT2D eigenvalue weighted by Crippen LogP contribution is 2.30. The standard InChI is InChI=1S/C19H18N2O2S/c22-19(17-12-18(23-20-17)15-4-2-1-3-5-15)21-9-6-14(7-10-21)16-8-11-24-13-16/h1-5,8,11-14H,6-7,9-10H2. The minimum absolute atomic E-state index is 0.0373. The Morgan fingerprint density at radius 2 is 1.96 bits per heavy atom. The Balaban J connectivity index is 1.43. The van der Waals surface area contributed by atoms with Crippen LogP contribution in [0.2, 0.25) is 0 Å². The van der Waals surface area contributed by atoms with E-state index in [4.69, 9.17) is 4.52 Å². The Hall–Kier alpha value is -2.40. The van der Waals surface area contributed by atoms with Crippen molar-refractivity contribution in [3.8, 4) is 11.3 Å². The lowest BCUT2D eigenvalue weighted by molar-refractivity contribution is 0.0702. The predicted molar refractivity (Wildman–Crippen MR) is 94.1 cm³/mol. The van der Waals surface area contributed by atoms with E-state index in [9.17, 15) is 4.79 Å². The molecule has 3 aromatic rings. The van der Waals surface area contributed by atoms with Gasteiger partial charge in [0, 0.05) is 24.7 Å². The number of hydrogen-bond acceptors (Lipinski definition) is 4. The summed E-state index contributed by atoms with van der Waals surface area (Å²) in [7, 11) is 0. The van der Waals surface area contributed by atoms with E-state index < -0.39 is 0 Å². The first-order chi connectivity index (χ1) is 11.8. The number of likely N-dealkylation sites (tertiary alicyclic amines) is 1. The van der Waals surface area contributed by atoms with Crippen LogP contribution in [0.4, 0.5) is 0 Å². The van der Waals surface area contributed by atoms with E-state index in [1.54, 1.807) is 17.4 Å². The molecule has 3 heterocycles. The quantitative estimate of drug-likeness (QED) is 0.710. The SMILES string of the molecule is O=C(c1cc(-c2ccccc2)on1)N1CCC(c2ccsc2)CC1. The van der Waals surface area contributed by atoms with Gasteiger partial charge >= 0.3 is 0 Å². The molecule has 0 radical (unpaired) electrons. The average Bonchev–Trinajstić information content (AvgIpc) is 3.34.